The Hall–Kier alpha value is -2.53. The zero-order chi connectivity index (χ0) is 29.6. The summed E-state index contributed by atoms with van der Waals surface area (Å²) in [4.78, 5) is 32.3. The van der Waals surface area contributed by atoms with Crippen LogP contribution < -0.4 is 0 Å². The lowest BCUT2D eigenvalue weighted by molar-refractivity contribution is -0.149. The highest BCUT2D eigenvalue weighted by Gasteiger charge is 2.28. The molecule has 10 nitrogen and oxygen atoms in total. The topological polar surface area (TPSA) is 182 Å². The first kappa shape index (κ1) is 37.6. The number of unbranched alkanes of at least 4 members (excludes halogenated alkanes) is 5. The number of carbonyl (C=O) groups excluding carboxylic acids is 1. The van der Waals surface area contributed by atoms with E-state index in [1.54, 1.807) is 13.8 Å². The van der Waals surface area contributed by atoms with Crippen molar-refractivity contribution in [2.75, 3.05) is 33.0 Å². The van der Waals surface area contributed by atoms with Crippen molar-refractivity contribution in [1.29, 1.82) is 0 Å². The third kappa shape index (κ3) is 17.8. The smallest absolute Gasteiger partial charge is 0.335 e. The quantitative estimate of drug-likeness (QED) is 0.132. The molecule has 0 saturated heterocycles. The van der Waals surface area contributed by atoms with Crippen LogP contribution in [0.4, 0.5) is 0 Å². The third-order valence-electron chi connectivity index (χ3n) is 5.91. The summed E-state index contributed by atoms with van der Waals surface area (Å²) in [7, 11) is 0. The Balaban J connectivity index is 0. The molecule has 0 amide bonds. The summed E-state index contributed by atoms with van der Waals surface area (Å²) in [5.41, 5.74) is -1.03. The van der Waals surface area contributed by atoms with Crippen molar-refractivity contribution >= 4 is 17.9 Å². The van der Waals surface area contributed by atoms with Gasteiger partial charge in [0.05, 0.1) is 43.0 Å². The lowest BCUT2D eigenvalue weighted by Crippen LogP contribution is -2.35. The molecule has 0 bridgehead atoms. The predicted molar refractivity (Wildman–Crippen MR) is 144 cm³/mol. The van der Waals surface area contributed by atoms with Crippen LogP contribution in [0.15, 0.2) is 24.3 Å². The van der Waals surface area contributed by atoms with E-state index in [1.165, 1.54) is 43.9 Å². The van der Waals surface area contributed by atoms with Gasteiger partial charge in [0.25, 0.3) is 0 Å². The minimum atomic E-state index is -1.13. The van der Waals surface area contributed by atoms with Gasteiger partial charge in [0.1, 0.15) is 6.61 Å². The van der Waals surface area contributed by atoms with Gasteiger partial charge in [-0.3, -0.25) is 4.79 Å². The number of hydrogen-bond donors (Lipinski definition) is 6. The summed E-state index contributed by atoms with van der Waals surface area (Å²) in [6, 6.07) is 5.20. The van der Waals surface area contributed by atoms with Gasteiger partial charge in [-0.2, -0.15) is 0 Å². The van der Waals surface area contributed by atoms with E-state index in [4.69, 9.17) is 25.2 Å². The van der Waals surface area contributed by atoms with E-state index in [0.29, 0.717) is 12.8 Å². The average Bonchev–Trinajstić information content (AvgIpc) is 2.92. The van der Waals surface area contributed by atoms with E-state index in [-0.39, 0.29) is 55.5 Å². The molecule has 1 rings (SSSR count). The number of hydrogen-bond acceptors (Lipinski definition) is 8. The van der Waals surface area contributed by atoms with Crippen molar-refractivity contribution in [3.63, 3.8) is 0 Å². The first-order valence-electron chi connectivity index (χ1n) is 13.0. The Morgan fingerprint density at radius 1 is 0.763 bits per heavy atom. The maximum Gasteiger partial charge on any atom is 0.335 e. The van der Waals surface area contributed by atoms with Crippen LogP contribution in [-0.2, 0) is 9.53 Å². The van der Waals surface area contributed by atoms with Gasteiger partial charge in [-0.05, 0) is 31.0 Å². The Morgan fingerprint density at radius 2 is 1.24 bits per heavy atom. The van der Waals surface area contributed by atoms with Crippen molar-refractivity contribution in [3.8, 4) is 0 Å². The molecular weight excluding hydrogens is 496 g/mol. The molecule has 38 heavy (non-hydrogen) atoms. The monoisotopic (exact) mass is 544 g/mol. The molecule has 0 atom stereocenters. The van der Waals surface area contributed by atoms with Crippen LogP contribution in [0.25, 0.3) is 0 Å². The van der Waals surface area contributed by atoms with Crippen LogP contribution in [0.5, 0.6) is 0 Å². The van der Waals surface area contributed by atoms with Gasteiger partial charge in [0.15, 0.2) is 0 Å². The largest absolute Gasteiger partial charge is 0.478 e. The molecule has 0 spiro atoms. The Kier molecular flexibility index (Phi) is 21.2. The fourth-order valence-corrected chi connectivity index (χ4v) is 2.66. The van der Waals surface area contributed by atoms with Crippen molar-refractivity contribution in [2.45, 2.75) is 79.1 Å². The van der Waals surface area contributed by atoms with Crippen molar-refractivity contribution < 1.29 is 49.8 Å². The number of carboxylic acids is 2. The van der Waals surface area contributed by atoms with E-state index in [0.717, 1.165) is 18.9 Å². The molecule has 0 aromatic heterocycles. The van der Waals surface area contributed by atoms with Gasteiger partial charge in [0, 0.05) is 11.8 Å². The van der Waals surface area contributed by atoms with Crippen LogP contribution >= 0.6 is 0 Å². The summed E-state index contributed by atoms with van der Waals surface area (Å²) in [5, 5.41) is 52.3. The second kappa shape index (κ2) is 21.4. The van der Waals surface area contributed by atoms with Gasteiger partial charge in [-0.1, -0.05) is 65.9 Å². The molecule has 0 saturated carbocycles. The lowest BCUT2D eigenvalue weighted by Gasteiger charge is -2.27. The minimum absolute atomic E-state index is 0.0186. The van der Waals surface area contributed by atoms with Crippen LogP contribution in [0.1, 0.15) is 99.8 Å². The first-order valence-corrected chi connectivity index (χ1v) is 13.0. The number of ether oxygens (including phenoxy) is 1. The van der Waals surface area contributed by atoms with Gasteiger partial charge < -0.3 is 35.4 Å². The van der Waals surface area contributed by atoms with Gasteiger partial charge in [0.2, 0.25) is 0 Å². The van der Waals surface area contributed by atoms with E-state index in [9.17, 15) is 24.6 Å². The number of carbonyl (C=O) groups is 3. The molecule has 10 heteroatoms. The van der Waals surface area contributed by atoms with E-state index in [1.807, 2.05) is 6.92 Å². The van der Waals surface area contributed by atoms with Crippen molar-refractivity contribution in [1.82, 2.24) is 0 Å². The maximum atomic E-state index is 11.5. The zero-order valence-corrected chi connectivity index (χ0v) is 23.3. The number of carboxylic acid groups (broad SMARTS) is 2. The molecule has 1 aromatic rings. The Bertz CT molecular complexity index is 744. The van der Waals surface area contributed by atoms with Crippen molar-refractivity contribution in [2.24, 2.45) is 10.8 Å². The first-order chi connectivity index (χ1) is 17.9. The van der Waals surface area contributed by atoms with Crippen molar-refractivity contribution in [3.05, 3.63) is 35.4 Å². The van der Waals surface area contributed by atoms with Crippen LogP contribution in [0.3, 0.4) is 0 Å². The Labute approximate surface area is 226 Å². The highest BCUT2D eigenvalue weighted by Crippen LogP contribution is 2.21. The summed E-state index contributed by atoms with van der Waals surface area (Å²) < 4.78 is 5.15. The maximum absolute atomic E-state index is 11.5. The standard InChI is InChI=1S/C15H30O4.C8H6O4.C5H12O2/c1-3-5-6-7-8-9-10-14(18)19-13-15(4-2,11-16)12-17;9-7(10)5-2-1-3-6(4-5)8(11)12;1-5(2,3-6)4-7/h16-17H,3-13H2,1-2H3;1-4H,(H,9,10)(H,11,12);6-7H,3-4H2,1-2H3. The SMILES string of the molecule is CC(C)(CO)CO.CCCCCCCCC(=O)OCC(CC)(CO)CO.O=C(O)c1cccc(C(=O)O)c1. The molecule has 0 aliphatic carbocycles. The van der Waals surface area contributed by atoms with Crippen LogP contribution in [0, 0.1) is 10.8 Å². The normalized spacial score (nSPS) is 10.9. The number of rotatable bonds is 16. The number of esters is 1. The van der Waals surface area contributed by atoms with Gasteiger partial charge in [-0.15, -0.1) is 0 Å². The lowest BCUT2D eigenvalue weighted by atomic mass is 9.88. The second-order valence-electron chi connectivity index (χ2n) is 10.0. The molecule has 6 N–H and O–H groups in total. The summed E-state index contributed by atoms with van der Waals surface area (Å²) >= 11 is 0. The fraction of sp³-hybridized carbons (Fsp3) is 0.679. The van der Waals surface area contributed by atoms with Crippen LogP contribution in [-0.4, -0.2) is 81.6 Å². The molecule has 0 unspecified atom stereocenters. The number of benzene rings is 1. The van der Waals surface area contributed by atoms with E-state index < -0.39 is 17.4 Å². The molecule has 1 aromatic carbocycles. The number of aromatic carboxylic acids is 2. The third-order valence-corrected chi connectivity index (χ3v) is 5.91. The van der Waals surface area contributed by atoms with Gasteiger partial charge in [-0.25, -0.2) is 9.59 Å². The summed E-state index contributed by atoms with van der Waals surface area (Å²) in [5.74, 6) is -2.48. The number of aliphatic hydroxyl groups excluding tert-OH is 4. The van der Waals surface area contributed by atoms with Gasteiger partial charge >= 0.3 is 17.9 Å². The second-order valence-corrected chi connectivity index (χ2v) is 10.0. The predicted octanol–water partition coefficient (Wildman–Crippen LogP) is 3.74. The highest BCUT2D eigenvalue weighted by atomic mass is 16.5. The average molecular weight is 545 g/mol. The Morgan fingerprint density at radius 3 is 1.61 bits per heavy atom. The zero-order valence-electron chi connectivity index (χ0n) is 23.3. The molecular formula is C28H48O10. The van der Waals surface area contributed by atoms with E-state index >= 15 is 0 Å². The molecule has 220 valence electrons. The molecule has 0 fully saturated rings. The summed E-state index contributed by atoms with van der Waals surface area (Å²) in [6.45, 7) is 7.51. The van der Waals surface area contributed by atoms with E-state index in [2.05, 4.69) is 6.92 Å². The minimum Gasteiger partial charge on any atom is -0.478 e. The summed E-state index contributed by atoms with van der Waals surface area (Å²) in [6.07, 6.45) is 7.84. The fourth-order valence-electron chi connectivity index (χ4n) is 2.66. The van der Waals surface area contributed by atoms with Crippen LogP contribution in [0.2, 0.25) is 0 Å². The highest BCUT2D eigenvalue weighted by molar-refractivity contribution is 5.93. The molecule has 0 aliphatic rings. The number of aliphatic hydroxyl groups is 4. The molecule has 0 aliphatic heterocycles. The molecule has 0 radical (unpaired) electrons. The molecule has 0 heterocycles.